The van der Waals surface area contributed by atoms with E-state index in [0.29, 0.717) is 25.6 Å². The molecule has 0 aliphatic heterocycles. The minimum Gasteiger partial charge on any atom is -0.357 e. The number of hydrogen-bond acceptors (Lipinski definition) is 3. The number of carbonyl (C=O) groups excluding carboxylic acids is 1. The Labute approximate surface area is 188 Å². The molecule has 1 rings (SSSR count). The van der Waals surface area contributed by atoms with E-state index >= 15 is 0 Å². The summed E-state index contributed by atoms with van der Waals surface area (Å²) in [6, 6.07) is 10.8. The largest absolute Gasteiger partial charge is 0.357 e. The lowest BCUT2D eigenvalue weighted by atomic mass is 10.2. The summed E-state index contributed by atoms with van der Waals surface area (Å²) in [4.78, 5) is 20.9. The maximum atomic E-state index is 12.1. The number of nitrogens with one attached hydrogen (secondary N) is 2. The maximum absolute atomic E-state index is 12.1. The van der Waals surface area contributed by atoms with E-state index in [4.69, 9.17) is 0 Å². The van der Waals surface area contributed by atoms with Gasteiger partial charge in [-0.25, -0.2) is 0 Å². The molecule has 0 saturated carbocycles. The van der Waals surface area contributed by atoms with Gasteiger partial charge in [-0.3, -0.25) is 14.7 Å². The van der Waals surface area contributed by atoms with Crippen molar-refractivity contribution in [1.29, 1.82) is 0 Å². The molecule has 6 nitrogen and oxygen atoms in total. The number of halogens is 1. The Kier molecular flexibility index (Phi) is 14.8. The highest BCUT2D eigenvalue weighted by Crippen LogP contribution is 2.06. The molecule has 0 saturated heterocycles. The molecule has 1 amide bonds. The first-order valence-corrected chi connectivity index (χ1v) is 10.1. The van der Waals surface area contributed by atoms with Crippen LogP contribution in [0.5, 0.6) is 0 Å². The van der Waals surface area contributed by atoms with Crippen LogP contribution in [0, 0.1) is 0 Å². The summed E-state index contributed by atoms with van der Waals surface area (Å²) in [5, 5.41) is 6.52. The zero-order valence-corrected chi connectivity index (χ0v) is 20.4. The number of rotatable bonds is 11. The Bertz CT molecular complexity index is 563. The first-order valence-electron chi connectivity index (χ1n) is 10.1. The van der Waals surface area contributed by atoms with Crippen molar-refractivity contribution in [2.45, 2.75) is 46.7 Å². The molecular weight excluding hydrogens is 465 g/mol. The first kappa shape index (κ1) is 26.6. The molecule has 2 N–H and O–H groups in total. The predicted octanol–water partition coefficient (Wildman–Crippen LogP) is 2.94. The molecule has 0 aromatic heterocycles. The fourth-order valence-corrected chi connectivity index (χ4v) is 2.75. The van der Waals surface area contributed by atoms with Gasteiger partial charge in [0, 0.05) is 45.2 Å². The van der Waals surface area contributed by atoms with Crippen LogP contribution in [0.2, 0.25) is 0 Å². The Morgan fingerprint density at radius 1 is 1.11 bits per heavy atom. The van der Waals surface area contributed by atoms with Gasteiger partial charge < -0.3 is 15.5 Å². The Morgan fingerprint density at radius 2 is 1.75 bits per heavy atom. The summed E-state index contributed by atoms with van der Waals surface area (Å²) in [7, 11) is 2.12. The third kappa shape index (κ3) is 10.3. The van der Waals surface area contributed by atoms with Gasteiger partial charge >= 0.3 is 0 Å². The van der Waals surface area contributed by atoms with E-state index < -0.39 is 0 Å². The van der Waals surface area contributed by atoms with E-state index in [1.807, 2.05) is 31.7 Å². The molecule has 0 aliphatic rings. The lowest BCUT2D eigenvalue weighted by Gasteiger charge is -2.24. The number of likely N-dealkylation sites (N-methyl/N-ethyl adjacent to an activating group) is 1. The van der Waals surface area contributed by atoms with Gasteiger partial charge in [0.15, 0.2) is 5.96 Å². The van der Waals surface area contributed by atoms with Crippen molar-refractivity contribution >= 4 is 35.8 Å². The molecule has 1 aromatic rings. The maximum Gasteiger partial charge on any atom is 0.224 e. The van der Waals surface area contributed by atoms with Crippen molar-refractivity contribution in [3.8, 4) is 0 Å². The van der Waals surface area contributed by atoms with Crippen LogP contribution >= 0.6 is 24.0 Å². The molecule has 0 heterocycles. The molecule has 7 heteroatoms. The number of hydrogen-bond donors (Lipinski definition) is 2. The fourth-order valence-electron chi connectivity index (χ4n) is 2.75. The number of guanidine groups is 1. The van der Waals surface area contributed by atoms with Gasteiger partial charge in [0.25, 0.3) is 0 Å². The summed E-state index contributed by atoms with van der Waals surface area (Å²) in [6.45, 7) is 12.7. The normalized spacial score (nSPS) is 12.3. The smallest absolute Gasteiger partial charge is 0.224 e. The minimum absolute atomic E-state index is 0. The quantitative estimate of drug-likeness (QED) is 0.277. The monoisotopic (exact) mass is 503 g/mol. The number of amides is 1. The molecule has 28 heavy (non-hydrogen) atoms. The molecular formula is C21H38IN5O. The van der Waals surface area contributed by atoms with Crippen LogP contribution in [-0.2, 0) is 11.3 Å². The highest BCUT2D eigenvalue weighted by Gasteiger charge is 2.11. The van der Waals surface area contributed by atoms with E-state index in [-0.39, 0.29) is 29.9 Å². The average molecular weight is 503 g/mol. The summed E-state index contributed by atoms with van der Waals surface area (Å²) in [6.07, 6.45) is 0.482. The highest BCUT2D eigenvalue weighted by atomic mass is 127. The number of nitrogens with zero attached hydrogens (tertiary/aromatic N) is 3. The van der Waals surface area contributed by atoms with Crippen molar-refractivity contribution in [3.63, 3.8) is 0 Å². The summed E-state index contributed by atoms with van der Waals surface area (Å²) in [5.41, 5.74) is 1.30. The summed E-state index contributed by atoms with van der Waals surface area (Å²) >= 11 is 0. The standard InChI is InChI=1S/C21H37N5O.HI/c1-6-22-21(23-15-14-20(27)26(7-2)8-3)24-16-18(4)25(5)17-19-12-10-9-11-13-19;/h9-13,18H,6-8,14-17H2,1-5H3,(H2,22,23,24);1H. The van der Waals surface area contributed by atoms with Gasteiger partial charge in [0.1, 0.15) is 0 Å². The average Bonchev–Trinajstić information content (AvgIpc) is 2.67. The lowest BCUT2D eigenvalue weighted by Crippen LogP contribution is -2.41. The minimum atomic E-state index is 0. The van der Waals surface area contributed by atoms with Crippen LogP contribution in [0.1, 0.15) is 39.7 Å². The van der Waals surface area contributed by atoms with Crippen molar-refractivity contribution in [3.05, 3.63) is 35.9 Å². The van der Waals surface area contributed by atoms with E-state index in [0.717, 1.165) is 32.1 Å². The van der Waals surface area contributed by atoms with Crippen LogP contribution in [0.4, 0.5) is 0 Å². The van der Waals surface area contributed by atoms with Gasteiger partial charge in [-0.1, -0.05) is 30.3 Å². The molecule has 0 radical (unpaired) electrons. The molecule has 160 valence electrons. The zero-order chi connectivity index (χ0) is 20.1. The van der Waals surface area contributed by atoms with Crippen molar-refractivity contribution in [2.75, 3.05) is 39.8 Å². The number of aliphatic imine (C=N–C) groups is 1. The third-order valence-electron chi connectivity index (χ3n) is 4.63. The Hall–Kier alpha value is -1.35. The second-order valence-corrected chi connectivity index (χ2v) is 6.71. The van der Waals surface area contributed by atoms with E-state index in [9.17, 15) is 4.79 Å². The molecule has 0 spiro atoms. The van der Waals surface area contributed by atoms with Gasteiger partial charge in [0.05, 0.1) is 6.54 Å². The van der Waals surface area contributed by atoms with Crippen molar-refractivity contribution in [1.82, 2.24) is 20.4 Å². The van der Waals surface area contributed by atoms with E-state index in [1.54, 1.807) is 0 Å². The van der Waals surface area contributed by atoms with E-state index in [1.165, 1.54) is 5.56 Å². The van der Waals surface area contributed by atoms with Gasteiger partial charge in [-0.05, 0) is 40.3 Å². The molecule has 1 atom stereocenters. The van der Waals surface area contributed by atoms with Gasteiger partial charge in [-0.15, -0.1) is 24.0 Å². The fraction of sp³-hybridized carbons (Fsp3) is 0.619. The molecule has 1 unspecified atom stereocenters. The van der Waals surface area contributed by atoms with Crippen LogP contribution in [0.3, 0.4) is 0 Å². The lowest BCUT2D eigenvalue weighted by molar-refractivity contribution is -0.130. The third-order valence-corrected chi connectivity index (χ3v) is 4.63. The molecule has 0 bridgehead atoms. The SMILES string of the molecule is CCNC(=NCC(C)N(C)Cc1ccccc1)NCCC(=O)N(CC)CC.I. The second-order valence-electron chi connectivity index (χ2n) is 6.71. The van der Waals surface area contributed by atoms with Crippen molar-refractivity contribution in [2.24, 2.45) is 4.99 Å². The first-order chi connectivity index (χ1) is 13.0. The molecule has 0 aliphatic carbocycles. The number of benzene rings is 1. The van der Waals surface area contributed by atoms with E-state index in [2.05, 4.69) is 58.8 Å². The molecule has 0 fully saturated rings. The second kappa shape index (κ2) is 15.6. The predicted molar refractivity (Wildman–Crippen MR) is 129 cm³/mol. The summed E-state index contributed by atoms with van der Waals surface area (Å²) in [5.74, 6) is 0.948. The summed E-state index contributed by atoms with van der Waals surface area (Å²) < 4.78 is 0. The van der Waals surface area contributed by atoms with Crippen LogP contribution < -0.4 is 10.6 Å². The highest BCUT2D eigenvalue weighted by molar-refractivity contribution is 14.0. The van der Waals surface area contributed by atoms with Gasteiger partial charge in [0.2, 0.25) is 5.91 Å². The van der Waals surface area contributed by atoms with Crippen LogP contribution in [0.25, 0.3) is 0 Å². The Balaban J connectivity index is 0.00000729. The van der Waals surface area contributed by atoms with Gasteiger partial charge in [-0.2, -0.15) is 0 Å². The Morgan fingerprint density at radius 3 is 2.32 bits per heavy atom. The zero-order valence-electron chi connectivity index (χ0n) is 18.1. The number of carbonyl (C=O) groups is 1. The molecule has 1 aromatic carbocycles. The topological polar surface area (TPSA) is 60.0 Å². The van der Waals surface area contributed by atoms with Crippen LogP contribution in [0.15, 0.2) is 35.3 Å². The van der Waals surface area contributed by atoms with Crippen LogP contribution in [-0.4, -0.2) is 67.5 Å². The van der Waals surface area contributed by atoms with Crippen molar-refractivity contribution < 1.29 is 4.79 Å².